The van der Waals surface area contributed by atoms with Gasteiger partial charge in [-0.25, -0.2) is 0 Å². The summed E-state index contributed by atoms with van der Waals surface area (Å²) >= 11 is 0. The van der Waals surface area contributed by atoms with Crippen molar-refractivity contribution in [1.82, 2.24) is 10.2 Å². The standard InChI is InChI=1S/C21H22N2O2/c24-20-11-10-19(21(25)22-20)17-8-6-16(7-9-17)18-13-23(14-18)12-15-4-2-1-3-5-15/h1-9,18-19H,10-14H2,(H,22,24,25). The lowest BCUT2D eigenvalue weighted by atomic mass is 9.86. The molecular weight excluding hydrogens is 312 g/mol. The van der Waals surface area contributed by atoms with Gasteiger partial charge in [0.15, 0.2) is 0 Å². The molecule has 2 aliphatic heterocycles. The molecule has 2 amide bonds. The van der Waals surface area contributed by atoms with Crippen LogP contribution in [0.4, 0.5) is 0 Å². The summed E-state index contributed by atoms with van der Waals surface area (Å²) < 4.78 is 0. The highest BCUT2D eigenvalue weighted by atomic mass is 16.2. The van der Waals surface area contributed by atoms with Gasteiger partial charge in [-0.05, 0) is 23.1 Å². The maximum absolute atomic E-state index is 12.0. The van der Waals surface area contributed by atoms with E-state index in [0.29, 0.717) is 18.8 Å². The Kier molecular flexibility index (Phi) is 4.36. The topological polar surface area (TPSA) is 49.4 Å². The molecule has 0 radical (unpaired) electrons. The van der Waals surface area contributed by atoms with Crippen molar-refractivity contribution in [3.8, 4) is 0 Å². The van der Waals surface area contributed by atoms with Gasteiger partial charge in [0.2, 0.25) is 11.8 Å². The van der Waals surface area contributed by atoms with Gasteiger partial charge in [0.25, 0.3) is 0 Å². The molecule has 2 saturated heterocycles. The molecule has 0 saturated carbocycles. The predicted octanol–water partition coefficient (Wildman–Crippen LogP) is 2.81. The van der Waals surface area contributed by atoms with Gasteiger partial charge < -0.3 is 0 Å². The van der Waals surface area contributed by atoms with Gasteiger partial charge in [-0.15, -0.1) is 0 Å². The number of imide groups is 1. The first-order valence-electron chi connectivity index (χ1n) is 8.89. The van der Waals surface area contributed by atoms with E-state index in [0.717, 1.165) is 25.2 Å². The van der Waals surface area contributed by atoms with Crippen LogP contribution in [0.3, 0.4) is 0 Å². The van der Waals surface area contributed by atoms with E-state index < -0.39 is 0 Å². The summed E-state index contributed by atoms with van der Waals surface area (Å²) in [7, 11) is 0. The first-order valence-corrected chi connectivity index (χ1v) is 8.89. The van der Waals surface area contributed by atoms with E-state index >= 15 is 0 Å². The molecule has 1 unspecified atom stereocenters. The second-order valence-corrected chi connectivity index (χ2v) is 7.05. The number of piperidine rings is 1. The minimum absolute atomic E-state index is 0.161. The second-order valence-electron chi connectivity index (χ2n) is 7.05. The number of benzene rings is 2. The lowest BCUT2D eigenvalue weighted by Gasteiger charge is -2.39. The highest BCUT2D eigenvalue weighted by Gasteiger charge is 2.30. The molecule has 2 aromatic rings. The zero-order valence-electron chi connectivity index (χ0n) is 14.2. The summed E-state index contributed by atoms with van der Waals surface area (Å²) in [4.78, 5) is 25.7. The Hall–Kier alpha value is -2.46. The Morgan fingerprint density at radius 1 is 0.920 bits per heavy atom. The van der Waals surface area contributed by atoms with Crippen LogP contribution in [0, 0.1) is 0 Å². The van der Waals surface area contributed by atoms with Gasteiger partial charge in [0.05, 0.1) is 5.92 Å². The van der Waals surface area contributed by atoms with E-state index in [1.807, 2.05) is 6.07 Å². The molecule has 1 atom stereocenters. The van der Waals surface area contributed by atoms with Gasteiger partial charge in [0, 0.05) is 32.0 Å². The Morgan fingerprint density at radius 2 is 1.60 bits per heavy atom. The molecule has 2 aromatic carbocycles. The third-order valence-electron chi connectivity index (χ3n) is 5.26. The zero-order chi connectivity index (χ0) is 17.2. The van der Waals surface area contributed by atoms with Crippen LogP contribution >= 0.6 is 0 Å². The van der Waals surface area contributed by atoms with Gasteiger partial charge >= 0.3 is 0 Å². The van der Waals surface area contributed by atoms with Crippen molar-refractivity contribution in [1.29, 1.82) is 0 Å². The fraction of sp³-hybridized carbons (Fsp3) is 0.333. The average Bonchev–Trinajstić information content (AvgIpc) is 2.59. The average molecular weight is 334 g/mol. The number of hydrogen-bond acceptors (Lipinski definition) is 3. The van der Waals surface area contributed by atoms with Crippen molar-refractivity contribution in [2.24, 2.45) is 0 Å². The predicted molar refractivity (Wildman–Crippen MR) is 96.0 cm³/mol. The second kappa shape index (κ2) is 6.81. The number of nitrogens with zero attached hydrogens (tertiary/aromatic N) is 1. The molecular formula is C21H22N2O2. The molecule has 25 heavy (non-hydrogen) atoms. The van der Waals surface area contributed by atoms with Crippen molar-refractivity contribution >= 4 is 11.8 Å². The molecule has 1 N–H and O–H groups in total. The number of hydrogen-bond donors (Lipinski definition) is 1. The number of carbonyl (C=O) groups excluding carboxylic acids is 2. The van der Waals surface area contributed by atoms with E-state index in [-0.39, 0.29) is 17.7 Å². The lowest BCUT2D eigenvalue weighted by molar-refractivity contribution is -0.134. The summed E-state index contributed by atoms with van der Waals surface area (Å²) in [5.41, 5.74) is 3.70. The molecule has 0 aromatic heterocycles. The quantitative estimate of drug-likeness (QED) is 0.875. The van der Waals surface area contributed by atoms with Crippen molar-refractivity contribution in [3.63, 3.8) is 0 Å². The molecule has 4 heteroatoms. The van der Waals surface area contributed by atoms with Crippen LogP contribution in [-0.2, 0) is 16.1 Å². The van der Waals surface area contributed by atoms with Gasteiger partial charge in [0.1, 0.15) is 0 Å². The van der Waals surface area contributed by atoms with Crippen molar-refractivity contribution in [2.75, 3.05) is 13.1 Å². The molecule has 2 fully saturated rings. The molecule has 0 bridgehead atoms. The Balaban J connectivity index is 1.34. The van der Waals surface area contributed by atoms with E-state index in [1.54, 1.807) is 0 Å². The SMILES string of the molecule is O=C1CCC(c2ccc(C3CN(Cc4ccccc4)C3)cc2)C(=O)N1. The number of likely N-dealkylation sites (tertiary alicyclic amines) is 1. The van der Waals surface area contributed by atoms with Gasteiger partial charge in [-0.1, -0.05) is 54.6 Å². The van der Waals surface area contributed by atoms with Gasteiger partial charge in [-0.2, -0.15) is 0 Å². The number of carbonyl (C=O) groups is 2. The van der Waals surface area contributed by atoms with E-state index in [1.165, 1.54) is 11.1 Å². The smallest absolute Gasteiger partial charge is 0.234 e. The molecule has 128 valence electrons. The van der Waals surface area contributed by atoms with Crippen molar-refractivity contribution < 1.29 is 9.59 Å². The Labute approximate surface area is 147 Å². The molecule has 4 nitrogen and oxygen atoms in total. The van der Waals surface area contributed by atoms with E-state index in [4.69, 9.17) is 0 Å². The fourth-order valence-electron chi connectivity index (χ4n) is 3.76. The lowest BCUT2D eigenvalue weighted by Crippen LogP contribution is -2.44. The van der Waals surface area contributed by atoms with E-state index in [9.17, 15) is 9.59 Å². The number of amides is 2. The zero-order valence-corrected chi connectivity index (χ0v) is 14.2. The highest BCUT2D eigenvalue weighted by Crippen LogP contribution is 2.31. The van der Waals surface area contributed by atoms with Crippen LogP contribution in [0.1, 0.15) is 41.4 Å². The maximum atomic E-state index is 12.0. The monoisotopic (exact) mass is 334 g/mol. The Morgan fingerprint density at radius 3 is 2.28 bits per heavy atom. The summed E-state index contributed by atoms with van der Waals surface area (Å²) in [5.74, 6) is 0.0507. The summed E-state index contributed by atoms with van der Waals surface area (Å²) in [6, 6.07) is 18.9. The summed E-state index contributed by atoms with van der Waals surface area (Å²) in [5, 5.41) is 2.43. The summed E-state index contributed by atoms with van der Waals surface area (Å²) in [6.07, 6.45) is 1.04. The van der Waals surface area contributed by atoms with Crippen LogP contribution in [-0.4, -0.2) is 29.8 Å². The van der Waals surface area contributed by atoms with Crippen molar-refractivity contribution in [3.05, 3.63) is 71.3 Å². The number of rotatable bonds is 4. The van der Waals surface area contributed by atoms with Crippen LogP contribution in [0.5, 0.6) is 0 Å². The first kappa shape index (κ1) is 16.0. The minimum atomic E-state index is -0.192. The maximum Gasteiger partial charge on any atom is 0.234 e. The van der Waals surface area contributed by atoms with Crippen LogP contribution in [0.2, 0.25) is 0 Å². The molecule has 0 spiro atoms. The first-order chi connectivity index (χ1) is 12.2. The van der Waals surface area contributed by atoms with Gasteiger partial charge in [-0.3, -0.25) is 19.8 Å². The number of nitrogens with one attached hydrogen (secondary N) is 1. The minimum Gasteiger partial charge on any atom is -0.298 e. The molecule has 0 aliphatic carbocycles. The van der Waals surface area contributed by atoms with Crippen LogP contribution in [0.15, 0.2) is 54.6 Å². The van der Waals surface area contributed by atoms with Crippen LogP contribution in [0.25, 0.3) is 0 Å². The third kappa shape index (κ3) is 3.49. The third-order valence-corrected chi connectivity index (χ3v) is 5.26. The normalized spacial score (nSPS) is 21.7. The van der Waals surface area contributed by atoms with Crippen molar-refractivity contribution in [2.45, 2.75) is 31.2 Å². The summed E-state index contributed by atoms with van der Waals surface area (Å²) in [6.45, 7) is 3.16. The Bertz CT molecular complexity index is 764. The molecule has 2 heterocycles. The molecule has 2 aliphatic rings. The van der Waals surface area contributed by atoms with Crippen LogP contribution < -0.4 is 5.32 Å². The van der Waals surface area contributed by atoms with E-state index in [2.05, 4.69) is 58.7 Å². The fourth-order valence-corrected chi connectivity index (χ4v) is 3.76. The molecule has 4 rings (SSSR count). The largest absolute Gasteiger partial charge is 0.298 e. The highest BCUT2D eigenvalue weighted by molar-refractivity contribution is 6.00.